The molecule has 0 unspecified atom stereocenters. The molecule has 5 nitrogen and oxygen atoms in total. The number of hydrogen-bond acceptors (Lipinski definition) is 5. The maximum Gasteiger partial charge on any atom is 0.309 e. The standard InChI is InChI=1S/C15H21NO4/c1-16(9-8-14(17)19-2)11-13-7-5-4-6-12(13)10-15(18)20-3/h4-7H,8-11H2,1-3H3. The summed E-state index contributed by atoms with van der Waals surface area (Å²) in [5, 5.41) is 0. The molecule has 0 aliphatic rings. The molecular weight excluding hydrogens is 258 g/mol. The normalized spacial score (nSPS) is 10.4. The Morgan fingerprint density at radius 3 is 2.25 bits per heavy atom. The minimum Gasteiger partial charge on any atom is -0.469 e. The molecule has 110 valence electrons. The van der Waals surface area contributed by atoms with Gasteiger partial charge in [0.15, 0.2) is 0 Å². The Kier molecular flexibility index (Phi) is 6.73. The van der Waals surface area contributed by atoms with Crippen LogP contribution in [0.15, 0.2) is 24.3 Å². The van der Waals surface area contributed by atoms with Gasteiger partial charge in [-0.1, -0.05) is 24.3 Å². The Bertz CT molecular complexity index is 459. The molecule has 1 aromatic rings. The van der Waals surface area contributed by atoms with Crippen LogP contribution in [0.4, 0.5) is 0 Å². The van der Waals surface area contributed by atoms with Crippen molar-refractivity contribution in [1.82, 2.24) is 4.90 Å². The van der Waals surface area contributed by atoms with Crippen molar-refractivity contribution in [1.29, 1.82) is 0 Å². The van der Waals surface area contributed by atoms with Gasteiger partial charge in [-0.25, -0.2) is 0 Å². The van der Waals surface area contributed by atoms with Gasteiger partial charge in [0.2, 0.25) is 0 Å². The number of carbonyl (C=O) groups excluding carboxylic acids is 2. The number of ether oxygens (including phenoxy) is 2. The van der Waals surface area contributed by atoms with E-state index in [0.29, 0.717) is 19.5 Å². The van der Waals surface area contributed by atoms with Gasteiger partial charge in [0, 0.05) is 13.1 Å². The summed E-state index contributed by atoms with van der Waals surface area (Å²) < 4.78 is 9.31. The number of rotatable bonds is 7. The lowest BCUT2D eigenvalue weighted by Crippen LogP contribution is -2.22. The number of methoxy groups -OCH3 is 2. The molecule has 0 bridgehead atoms. The van der Waals surface area contributed by atoms with Crippen LogP contribution >= 0.6 is 0 Å². The second kappa shape index (κ2) is 8.32. The Labute approximate surface area is 119 Å². The van der Waals surface area contributed by atoms with E-state index >= 15 is 0 Å². The van der Waals surface area contributed by atoms with Gasteiger partial charge >= 0.3 is 11.9 Å². The van der Waals surface area contributed by atoms with Crippen LogP contribution < -0.4 is 0 Å². The molecular formula is C15H21NO4. The van der Waals surface area contributed by atoms with Crippen LogP contribution in [-0.2, 0) is 32.0 Å². The van der Waals surface area contributed by atoms with Gasteiger partial charge in [0.05, 0.1) is 27.1 Å². The Morgan fingerprint density at radius 2 is 1.65 bits per heavy atom. The first kappa shape index (κ1) is 16.2. The number of esters is 2. The molecule has 0 saturated heterocycles. The number of carbonyl (C=O) groups is 2. The van der Waals surface area contributed by atoms with Gasteiger partial charge in [0.1, 0.15) is 0 Å². The summed E-state index contributed by atoms with van der Waals surface area (Å²) in [5.41, 5.74) is 2.01. The van der Waals surface area contributed by atoms with Crippen LogP contribution in [0.25, 0.3) is 0 Å². The van der Waals surface area contributed by atoms with Crippen molar-refractivity contribution in [2.75, 3.05) is 27.8 Å². The van der Waals surface area contributed by atoms with Gasteiger partial charge in [-0.2, -0.15) is 0 Å². The molecule has 1 rings (SSSR count). The van der Waals surface area contributed by atoms with Gasteiger partial charge in [-0.05, 0) is 18.2 Å². The Morgan fingerprint density at radius 1 is 1.05 bits per heavy atom. The second-order valence-corrected chi connectivity index (χ2v) is 4.59. The van der Waals surface area contributed by atoms with E-state index in [0.717, 1.165) is 11.1 Å². The van der Waals surface area contributed by atoms with E-state index in [1.807, 2.05) is 36.2 Å². The van der Waals surface area contributed by atoms with E-state index in [2.05, 4.69) is 4.74 Å². The molecule has 0 saturated carbocycles. The predicted molar refractivity (Wildman–Crippen MR) is 75.1 cm³/mol. The number of nitrogens with zero attached hydrogens (tertiary/aromatic N) is 1. The van der Waals surface area contributed by atoms with Crippen molar-refractivity contribution in [3.05, 3.63) is 35.4 Å². The fraction of sp³-hybridized carbons (Fsp3) is 0.467. The monoisotopic (exact) mass is 279 g/mol. The van der Waals surface area contributed by atoms with Crippen LogP contribution in [0.5, 0.6) is 0 Å². The highest BCUT2D eigenvalue weighted by Gasteiger charge is 2.10. The maximum atomic E-state index is 11.4. The van der Waals surface area contributed by atoms with Crippen molar-refractivity contribution in [3.63, 3.8) is 0 Å². The fourth-order valence-electron chi connectivity index (χ4n) is 1.87. The summed E-state index contributed by atoms with van der Waals surface area (Å²) in [6.45, 7) is 1.28. The Hall–Kier alpha value is -1.88. The summed E-state index contributed by atoms with van der Waals surface area (Å²) in [4.78, 5) is 24.5. The lowest BCUT2D eigenvalue weighted by molar-refractivity contribution is -0.141. The average molecular weight is 279 g/mol. The minimum atomic E-state index is -0.255. The van der Waals surface area contributed by atoms with Crippen LogP contribution in [0.3, 0.4) is 0 Å². The highest BCUT2D eigenvalue weighted by atomic mass is 16.5. The Balaban J connectivity index is 2.62. The third-order valence-corrected chi connectivity index (χ3v) is 3.05. The SMILES string of the molecule is COC(=O)CCN(C)Cc1ccccc1CC(=O)OC. The van der Waals surface area contributed by atoms with Gasteiger partial charge in [0.25, 0.3) is 0 Å². The molecule has 0 heterocycles. The highest BCUT2D eigenvalue weighted by Crippen LogP contribution is 2.12. The van der Waals surface area contributed by atoms with Crippen molar-refractivity contribution >= 4 is 11.9 Å². The zero-order valence-corrected chi connectivity index (χ0v) is 12.2. The van der Waals surface area contributed by atoms with Crippen LogP contribution in [0.2, 0.25) is 0 Å². The minimum absolute atomic E-state index is 0.223. The third kappa shape index (κ3) is 5.40. The molecule has 0 spiro atoms. The number of hydrogen-bond donors (Lipinski definition) is 0. The fourth-order valence-corrected chi connectivity index (χ4v) is 1.87. The first-order valence-electron chi connectivity index (χ1n) is 6.45. The lowest BCUT2D eigenvalue weighted by atomic mass is 10.0. The predicted octanol–water partition coefficient (Wildman–Crippen LogP) is 1.40. The first-order valence-corrected chi connectivity index (χ1v) is 6.45. The largest absolute Gasteiger partial charge is 0.469 e. The number of benzene rings is 1. The maximum absolute atomic E-state index is 11.4. The molecule has 0 N–H and O–H groups in total. The van der Waals surface area contributed by atoms with E-state index in [4.69, 9.17) is 4.74 Å². The average Bonchev–Trinajstić information content (AvgIpc) is 2.46. The summed E-state index contributed by atoms with van der Waals surface area (Å²) in [6, 6.07) is 7.73. The summed E-state index contributed by atoms with van der Waals surface area (Å²) in [7, 11) is 4.69. The molecule has 0 aromatic heterocycles. The third-order valence-electron chi connectivity index (χ3n) is 3.05. The molecule has 0 radical (unpaired) electrons. The van der Waals surface area contributed by atoms with E-state index in [9.17, 15) is 9.59 Å². The van der Waals surface area contributed by atoms with Gasteiger partial charge in [-0.3, -0.25) is 9.59 Å². The van der Waals surface area contributed by atoms with Crippen LogP contribution in [0, 0.1) is 0 Å². The molecule has 1 aromatic carbocycles. The molecule has 0 atom stereocenters. The van der Waals surface area contributed by atoms with Gasteiger partial charge < -0.3 is 14.4 Å². The molecule has 20 heavy (non-hydrogen) atoms. The zero-order valence-electron chi connectivity index (χ0n) is 12.2. The molecule has 0 aliphatic carbocycles. The first-order chi connectivity index (χ1) is 9.56. The molecule has 5 heteroatoms. The highest BCUT2D eigenvalue weighted by molar-refractivity contribution is 5.72. The summed E-state index contributed by atoms with van der Waals surface area (Å²) >= 11 is 0. The molecule has 0 fully saturated rings. The van der Waals surface area contributed by atoms with Crippen molar-refractivity contribution in [2.45, 2.75) is 19.4 Å². The summed E-state index contributed by atoms with van der Waals surface area (Å²) in [5.74, 6) is -0.477. The van der Waals surface area contributed by atoms with E-state index in [1.165, 1.54) is 14.2 Å². The summed E-state index contributed by atoms with van der Waals surface area (Å²) in [6.07, 6.45) is 0.615. The smallest absolute Gasteiger partial charge is 0.309 e. The van der Waals surface area contributed by atoms with Crippen molar-refractivity contribution in [2.24, 2.45) is 0 Å². The second-order valence-electron chi connectivity index (χ2n) is 4.59. The lowest BCUT2D eigenvalue weighted by Gasteiger charge is -2.18. The quantitative estimate of drug-likeness (QED) is 0.706. The van der Waals surface area contributed by atoms with Crippen LogP contribution in [-0.4, -0.2) is 44.7 Å². The van der Waals surface area contributed by atoms with Crippen LogP contribution in [0.1, 0.15) is 17.5 Å². The topological polar surface area (TPSA) is 55.8 Å². The van der Waals surface area contributed by atoms with E-state index in [-0.39, 0.29) is 18.4 Å². The van der Waals surface area contributed by atoms with Gasteiger partial charge in [-0.15, -0.1) is 0 Å². The molecule has 0 aliphatic heterocycles. The van der Waals surface area contributed by atoms with E-state index < -0.39 is 0 Å². The van der Waals surface area contributed by atoms with E-state index in [1.54, 1.807) is 0 Å². The molecule has 0 amide bonds. The van der Waals surface area contributed by atoms with Crippen molar-refractivity contribution < 1.29 is 19.1 Å². The zero-order chi connectivity index (χ0) is 15.0. The van der Waals surface area contributed by atoms with Crippen molar-refractivity contribution in [3.8, 4) is 0 Å².